The summed E-state index contributed by atoms with van der Waals surface area (Å²) in [6, 6.07) is 7.22. The number of ketones is 1. The minimum Gasteiger partial charge on any atom is -0.507 e. The second kappa shape index (κ2) is 9.82. The number of phenols is 2. The molecule has 0 spiro atoms. The normalized spacial score (nSPS) is 12.6. The molecule has 0 fully saturated rings. The summed E-state index contributed by atoms with van der Waals surface area (Å²) in [7, 11) is 0. The van der Waals surface area contributed by atoms with E-state index in [1.807, 2.05) is 0 Å². The molecule has 0 atom stereocenters. The van der Waals surface area contributed by atoms with Gasteiger partial charge in [0.2, 0.25) is 0 Å². The quantitative estimate of drug-likeness (QED) is 0.330. The summed E-state index contributed by atoms with van der Waals surface area (Å²) >= 11 is 0. The molecule has 0 unspecified atom stereocenters. The summed E-state index contributed by atoms with van der Waals surface area (Å²) in [5.41, 5.74) is -0.644. The summed E-state index contributed by atoms with van der Waals surface area (Å²) in [4.78, 5) is 46.2. The standard InChI is InChI=1S/C22H14O9.Ca/c23-16-4-1-10(7-13(16)20(26)27)19(11-2-5-17(24)14(8-11)21(28)29)12-3-6-18(25)15(9-12)22(30)31;/h1-9,23-24H,(H,26,27)(H,28,29)(H,30,31);. The first-order valence-electron chi connectivity index (χ1n) is 8.65. The Labute approximate surface area is 210 Å². The molecule has 3 rings (SSSR count). The molecule has 0 aliphatic heterocycles. The molecule has 2 aromatic carbocycles. The van der Waals surface area contributed by atoms with E-state index >= 15 is 0 Å². The van der Waals surface area contributed by atoms with E-state index in [4.69, 9.17) is 0 Å². The SMILES string of the molecule is O=C(O)C1=CC(=C(c2ccc(O)c(C(=O)O)c2)c2ccc(O)c(C(=O)O)c2)C=CC1=O.[Ca]. The van der Waals surface area contributed by atoms with Gasteiger partial charge in [-0.3, -0.25) is 4.79 Å². The van der Waals surface area contributed by atoms with E-state index in [2.05, 4.69) is 0 Å². The first-order valence-corrected chi connectivity index (χ1v) is 8.65. The van der Waals surface area contributed by atoms with Crippen molar-refractivity contribution in [2.24, 2.45) is 0 Å². The molecule has 0 bridgehead atoms. The van der Waals surface area contributed by atoms with Gasteiger partial charge in [0, 0.05) is 37.7 Å². The van der Waals surface area contributed by atoms with Crippen LogP contribution in [0, 0.1) is 0 Å². The van der Waals surface area contributed by atoms with Crippen LogP contribution in [0.4, 0.5) is 0 Å². The van der Waals surface area contributed by atoms with Gasteiger partial charge in [0.25, 0.3) is 0 Å². The predicted molar refractivity (Wildman–Crippen MR) is 112 cm³/mol. The first kappa shape index (κ1) is 24.9. The number of allylic oxidation sites excluding steroid dienone is 4. The molecule has 2 aromatic rings. The van der Waals surface area contributed by atoms with Gasteiger partial charge in [-0.05, 0) is 58.7 Å². The number of hydrogen-bond donors (Lipinski definition) is 5. The van der Waals surface area contributed by atoms with Gasteiger partial charge in [0.05, 0.1) is 0 Å². The number of hydrogen-bond acceptors (Lipinski definition) is 6. The van der Waals surface area contributed by atoms with Crippen LogP contribution in [0.25, 0.3) is 5.57 Å². The minimum absolute atomic E-state index is 0. The Morgan fingerprint density at radius 3 is 1.56 bits per heavy atom. The number of carbonyl (C=O) groups is 4. The molecule has 1 aliphatic carbocycles. The Hall–Kier alpha value is -3.40. The third kappa shape index (κ3) is 4.91. The molecule has 0 amide bonds. The van der Waals surface area contributed by atoms with Crippen LogP contribution in [0.1, 0.15) is 31.8 Å². The van der Waals surface area contributed by atoms with Crippen molar-refractivity contribution < 1.29 is 44.7 Å². The molecule has 10 heteroatoms. The van der Waals surface area contributed by atoms with Gasteiger partial charge in [-0.1, -0.05) is 18.2 Å². The minimum atomic E-state index is -1.47. The van der Waals surface area contributed by atoms with Gasteiger partial charge in [0.1, 0.15) is 28.2 Å². The summed E-state index contributed by atoms with van der Waals surface area (Å²) in [5.74, 6) is -6.07. The van der Waals surface area contributed by atoms with Crippen LogP contribution in [-0.4, -0.2) is 87.0 Å². The van der Waals surface area contributed by atoms with Crippen LogP contribution in [0.15, 0.2) is 65.8 Å². The Bertz CT molecular complexity index is 1190. The summed E-state index contributed by atoms with van der Waals surface area (Å²) in [6.07, 6.45) is 3.42. The van der Waals surface area contributed by atoms with Crippen LogP contribution in [-0.2, 0) is 9.59 Å². The number of benzene rings is 2. The number of carbonyl (C=O) groups excluding carboxylic acids is 1. The van der Waals surface area contributed by atoms with Crippen molar-refractivity contribution in [2.75, 3.05) is 0 Å². The van der Waals surface area contributed by atoms with Crippen LogP contribution in [0.2, 0.25) is 0 Å². The molecule has 0 saturated carbocycles. The van der Waals surface area contributed by atoms with Crippen molar-refractivity contribution in [3.63, 3.8) is 0 Å². The van der Waals surface area contributed by atoms with E-state index in [0.29, 0.717) is 0 Å². The maximum atomic E-state index is 11.9. The van der Waals surface area contributed by atoms with E-state index in [9.17, 15) is 44.7 Å². The van der Waals surface area contributed by atoms with Crippen LogP contribution in [0.5, 0.6) is 11.5 Å². The maximum Gasteiger partial charge on any atom is 0.339 e. The van der Waals surface area contributed by atoms with Crippen molar-refractivity contribution in [3.8, 4) is 11.5 Å². The van der Waals surface area contributed by atoms with Crippen molar-refractivity contribution in [1.29, 1.82) is 0 Å². The van der Waals surface area contributed by atoms with Gasteiger partial charge in [-0.2, -0.15) is 0 Å². The van der Waals surface area contributed by atoms with Crippen molar-refractivity contribution in [2.45, 2.75) is 0 Å². The molecular weight excluding hydrogens is 448 g/mol. The van der Waals surface area contributed by atoms with Gasteiger partial charge >= 0.3 is 17.9 Å². The molecule has 5 N–H and O–H groups in total. The molecule has 0 aromatic heterocycles. The Morgan fingerprint density at radius 1 is 0.688 bits per heavy atom. The zero-order valence-electron chi connectivity index (χ0n) is 16.3. The third-order valence-corrected chi connectivity index (χ3v) is 4.53. The molecule has 2 radical (unpaired) electrons. The van der Waals surface area contributed by atoms with E-state index in [-0.39, 0.29) is 60.0 Å². The molecule has 0 heterocycles. The summed E-state index contributed by atoms with van der Waals surface area (Å²) in [6.45, 7) is 0. The molecule has 0 saturated heterocycles. The van der Waals surface area contributed by atoms with E-state index in [1.54, 1.807) is 0 Å². The third-order valence-electron chi connectivity index (χ3n) is 4.53. The largest absolute Gasteiger partial charge is 0.507 e. The monoisotopic (exact) mass is 462 g/mol. The van der Waals surface area contributed by atoms with Crippen LogP contribution < -0.4 is 0 Å². The number of aromatic hydroxyl groups is 2. The van der Waals surface area contributed by atoms with Gasteiger partial charge in [0.15, 0.2) is 5.78 Å². The number of carboxylic acid groups (broad SMARTS) is 3. The number of rotatable bonds is 5. The Morgan fingerprint density at radius 2 is 1.16 bits per heavy atom. The van der Waals surface area contributed by atoms with Crippen molar-refractivity contribution in [3.05, 3.63) is 88.0 Å². The van der Waals surface area contributed by atoms with Crippen LogP contribution >= 0.6 is 0 Å². The maximum absolute atomic E-state index is 11.9. The second-order valence-electron chi connectivity index (χ2n) is 6.47. The average molecular weight is 462 g/mol. The number of carboxylic acids is 3. The molecule has 32 heavy (non-hydrogen) atoms. The smallest absolute Gasteiger partial charge is 0.339 e. The van der Waals surface area contributed by atoms with E-state index < -0.39 is 51.9 Å². The fourth-order valence-corrected chi connectivity index (χ4v) is 3.08. The predicted octanol–water partition coefficient (Wildman–Crippen LogP) is 2.07. The molecule has 9 nitrogen and oxygen atoms in total. The van der Waals surface area contributed by atoms with Gasteiger partial charge in [-0.25, -0.2) is 14.4 Å². The van der Waals surface area contributed by atoms with Gasteiger partial charge in [-0.15, -0.1) is 0 Å². The van der Waals surface area contributed by atoms with E-state index in [1.165, 1.54) is 18.2 Å². The zero-order chi connectivity index (χ0) is 22.9. The van der Waals surface area contributed by atoms with Gasteiger partial charge < -0.3 is 25.5 Å². The summed E-state index contributed by atoms with van der Waals surface area (Å²) < 4.78 is 0. The molecule has 158 valence electrons. The zero-order valence-corrected chi connectivity index (χ0v) is 18.5. The fraction of sp³-hybridized carbons (Fsp3) is 0. The van der Waals surface area contributed by atoms with Crippen LogP contribution in [0.3, 0.4) is 0 Å². The summed E-state index contributed by atoms with van der Waals surface area (Å²) in [5, 5.41) is 47.6. The Balaban J connectivity index is 0.00000363. The first-order chi connectivity index (χ1) is 14.6. The topological polar surface area (TPSA) is 169 Å². The Kier molecular flexibility index (Phi) is 7.63. The van der Waals surface area contributed by atoms with Crippen molar-refractivity contribution >= 4 is 67.0 Å². The molecule has 1 aliphatic rings. The average Bonchev–Trinajstić information content (AvgIpc) is 2.71. The van der Waals surface area contributed by atoms with Crippen molar-refractivity contribution in [1.82, 2.24) is 0 Å². The molecular formula is C22H14CaO9. The number of aliphatic carboxylic acids is 1. The second-order valence-corrected chi connectivity index (χ2v) is 6.47. The fourth-order valence-electron chi connectivity index (χ4n) is 3.08. The number of aromatic carboxylic acids is 2. The van der Waals surface area contributed by atoms with E-state index in [0.717, 1.165) is 36.4 Å².